The second-order valence-corrected chi connectivity index (χ2v) is 5.06. The summed E-state index contributed by atoms with van der Waals surface area (Å²) in [6, 6.07) is 11.2. The SMILES string of the molecule is O=C(Oc1ccc(Cl)c2ccccc12)N1CCCC1. The van der Waals surface area contributed by atoms with Gasteiger partial charge < -0.3 is 9.64 Å². The first-order valence-electron chi connectivity index (χ1n) is 6.40. The van der Waals surface area contributed by atoms with Gasteiger partial charge >= 0.3 is 6.09 Å². The molecule has 1 saturated heterocycles. The number of hydrogen-bond donors (Lipinski definition) is 0. The molecule has 1 fully saturated rings. The molecule has 0 saturated carbocycles. The van der Waals surface area contributed by atoms with Crippen molar-refractivity contribution in [3.05, 3.63) is 41.4 Å². The van der Waals surface area contributed by atoms with Crippen molar-refractivity contribution in [1.29, 1.82) is 0 Å². The van der Waals surface area contributed by atoms with Crippen molar-refractivity contribution in [3.63, 3.8) is 0 Å². The van der Waals surface area contributed by atoms with Crippen LogP contribution in [-0.2, 0) is 0 Å². The number of carbonyl (C=O) groups excluding carboxylic acids is 1. The average Bonchev–Trinajstić information content (AvgIpc) is 2.96. The molecular formula is C15H14ClNO2. The first-order chi connectivity index (χ1) is 9.25. The van der Waals surface area contributed by atoms with Gasteiger partial charge in [0.1, 0.15) is 5.75 Å². The molecule has 1 heterocycles. The van der Waals surface area contributed by atoms with E-state index in [0.717, 1.165) is 36.7 Å². The van der Waals surface area contributed by atoms with E-state index >= 15 is 0 Å². The van der Waals surface area contributed by atoms with Gasteiger partial charge in [0.05, 0.1) is 0 Å². The van der Waals surface area contributed by atoms with Crippen molar-refractivity contribution in [3.8, 4) is 5.75 Å². The molecule has 3 rings (SSSR count). The number of amides is 1. The molecule has 0 atom stereocenters. The predicted octanol–water partition coefficient (Wildman–Crippen LogP) is 4.09. The van der Waals surface area contributed by atoms with Crippen LogP contribution < -0.4 is 4.74 Å². The van der Waals surface area contributed by atoms with Crippen LogP contribution in [-0.4, -0.2) is 24.1 Å². The van der Waals surface area contributed by atoms with Crippen LogP contribution in [0.2, 0.25) is 5.02 Å². The zero-order valence-corrected chi connectivity index (χ0v) is 11.2. The topological polar surface area (TPSA) is 29.5 Å². The van der Waals surface area contributed by atoms with E-state index in [1.54, 1.807) is 17.0 Å². The maximum absolute atomic E-state index is 12.0. The fourth-order valence-corrected chi connectivity index (χ4v) is 2.61. The minimum absolute atomic E-state index is 0.273. The van der Waals surface area contributed by atoms with Gasteiger partial charge in [-0.3, -0.25) is 0 Å². The van der Waals surface area contributed by atoms with Crippen LogP contribution in [0.5, 0.6) is 5.75 Å². The van der Waals surface area contributed by atoms with E-state index in [0.29, 0.717) is 10.8 Å². The summed E-state index contributed by atoms with van der Waals surface area (Å²) in [4.78, 5) is 13.8. The van der Waals surface area contributed by atoms with E-state index in [1.807, 2.05) is 24.3 Å². The Balaban J connectivity index is 1.92. The second kappa shape index (κ2) is 5.10. The maximum atomic E-state index is 12.0. The van der Waals surface area contributed by atoms with Gasteiger partial charge in [-0.25, -0.2) is 4.79 Å². The van der Waals surface area contributed by atoms with E-state index in [2.05, 4.69) is 0 Å². The highest BCUT2D eigenvalue weighted by molar-refractivity contribution is 6.35. The van der Waals surface area contributed by atoms with Gasteiger partial charge in [0.2, 0.25) is 0 Å². The summed E-state index contributed by atoms with van der Waals surface area (Å²) in [5.74, 6) is 0.567. The molecule has 1 aliphatic heterocycles. The largest absolute Gasteiger partial charge is 0.415 e. The zero-order valence-electron chi connectivity index (χ0n) is 10.4. The Morgan fingerprint density at radius 1 is 1.05 bits per heavy atom. The Bertz CT molecular complexity index is 621. The number of hydrogen-bond acceptors (Lipinski definition) is 2. The molecule has 19 heavy (non-hydrogen) atoms. The first-order valence-corrected chi connectivity index (χ1v) is 6.77. The van der Waals surface area contributed by atoms with Crippen molar-refractivity contribution in [1.82, 2.24) is 4.90 Å². The summed E-state index contributed by atoms with van der Waals surface area (Å²) < 4.78 is 5.49. The lowest BCUT2D eigenvalue weighted by molar-refractivity contribution is 0.163. The molecule has 0 radical (unpaired) electrons. The highest BCUT2D eigenvalue weighted by Crippen LogP contribution is 2.31. The number of halogens is 1. The summed E-state index contributed by atoms with van der Waals surface area (Å²) in [5, 5.41) is 2.43. The Labute approximate surface area is 116 Å². The molecule has 0 bridgehead atoms. The lowest BCUT2D eigenvalue weighted by atomic mass is 10.1. The van der Waals surface area contributed by atoms with Crippen LogP contribution >= 0.6 is 11.6 Å². The molecule has 0 unspecified atom stereocenters. The predicted molar refractivity (Wildman–Crippen MR) is 75.8 cm³/mol. The molecule has 98 valence electrons. The van der Waals surface area contributed by atoms with Crippen molar-refractivity contribution in [2.45, 2.75) is 12.8 Å². The smallest absolute Gasteiger partial charge is 0.410 e. The average molecular weight is 276 g/mol. The summed E-state index contributed by atoms with van der Waals surface area (Å²) in [6.45, 7) is 1.56. The van der Waals surface area contributed by atoms with Gasteiger partial charge in [-0.1, -0.05) is 35.9 Å². The number of ether oxygens (including phenoxy) is 1. The van der Waals surface area contributed by atoms with Crippen LogP contribution in [0.4, 0.5) is 4.79 Å². The van der Waals surface area contributed by atoms with Gasteiger partial charge in [0, 0.05) is 28.9 Å². The molecule has 2 aromatic rings. The summed E-state index contributed by atoms with van der Waals surface area (Å²) in [6.07, 6.45) is 1.83. The van der Waals surface area contributed by atoms with Crippen LogP contribution in [0.25, 0.3) is 10.8 Å². The fraction of sp³-hybridized carbons (Fsp3) is 0.267. The highest BCUT2D eigenvalue weighted by Gasteiger charge is 2.20. The summed E-state index contributed by atoms with van der Waals surface area (Å²) in [5.41, 5.74) is 0. The normalized spacial score (nSPS) is 14.9. The Morgan fingerprint density at radius 2 is 1.74 bits per heavy atom. The van der Waals surface area contributed by atoms with Gasteiger partial charge in [-0.05, 0) is 25.0 Å². The molecule has 0 aliphatic carbocycles. The number of carbonyl (C=O) groups is 1. The number of fused-ring (bicyclic) bond motifs is 1. The summed E-state index contributed by atoms with van der Waals surface area (Å²) >= 11 is 6.14. The third-order valence-corrected chi connectivity index (χ3v) is 3.72. The van der Waals surface area contributed by atoms with Crippen molar-refractivity contribution >= 4 is 28.5 Å². The van der Waals surface area contributed by atoms with Crippen LogP contribution in [0.1, 0.15) is 12.8 Å². The number of benzene rings is 2. The Kier molecular flexibility index (Phi) is 3.30. The number of likely N-dealkylation sites (tertiary alicyclic amines) is 1. The first kappa shape index (κ1) is 12.3. The molecule has 1 aliphatic rings. The Morgan fingerprint density at radius 3 is 2.47 bits per heavy atom. The monoisotopic (exact) mass is 275 g/mol. The zero-order chi connectivity index (χ0) is 13.2. The van der Waals surface area contributed by atoms with Crippen molar-refractivity contribution < 1.29 is 9.53 Å². The van der Waals surface area contributed by atoms with Crippen LogP contribution in [0.3, 0.4) is 0 Å². The van der Waals surface area contributed by atoms with Gasteiger partial charge in [-0.15, -0.1) is 0 Å². The molecule has 4 heteroatoms. The molecular weight excluding hydrogens is 262 g/mol. The molecule has 0 spiro atoms. The third kappa shape index (κ3) is 2.38. The second-order valence-electron chi connectivity index (χ2n) is 4.65. The Hall–Kier alpha value is -1.74. The van der Waals surface area contributed by atoms with Crippen molar-refractivity contribution in [2.75, 3.05) is 13.1 Å². The summed E-state index contributed by atoms with van der Waals surface area (Å²) in [7, 11) is 0. The maximum Gasteiger partial charge on any atom is 0.415 e. The fourth-order valence-electron chi connectivity index (χ4n) is 2.38. The van der Waals surface area contributed by atoms with Gasteiger partial charge in [0.15, 0.2) is 0 Å². The van der Waals surface area contributed by atoms with Gasteiger partial charge in [-0.2, -0.15) is 0 Å². The minimum Gasteiger partial charge on any atom is -0.410 e. The van der Waals surface area contributed by atoms with E-state index in [-0.39, 0.29) is 6.09 Å². The minimum atomic E-state index is -0.273. The number of nitrogens with zero attached hydrogens (tertiary/aromatic N) is 1. The highest BCUT2D eigenvalue weighted by atomic mass is 35.5. The molecule has 0 aromatic heterocycles. The van der Waals surface area contributed by atoms with Gasteiger partial charge in [0.25, 0.3) is 0 Å². The van der Waals surface area contributed by atoms with E-state index < -0.39 is 0 Å². The van der Waals surface area contributed by atoms with Crippen LogP contribution in [0.15, 0.2) is 36.4 Å². The molecule has 0 N–H and O–H groups in total. The molecule has 1 amide bonds. The molecule has 3 nitrogen and oxygen atoms in total. The third-order valence-electron chi connectivity index (χ3n) is 3.39. The quantitative estimate of drug-likeness (QED) is 0.784. The van der Waals surface area contributed by atoms with E-state index in [9.17, 15) is 4.79 Å². The van der Waals surface area contributed by atoms with E-state index in [4.69, 9.17) is 16.3 Å². The van der Waals surface area contributed by atoms with Crippen molar-refractivity contribution in [2.24, 2.45) is 0 Å². The number of rotatable bonds is 1. The lowest BCUT2D eigenvalue weighted by Gasteiger charge is -2.16. The molecule has 2 aromatic carbocycles. The lowest BCUT2D eigenvalue weighted by Crippen LogP contribution is -2.30. The van der Waals surface area contributed by atoms with Crippen LogP contribution in [0, 0.1) is 0 Å². The van der Waals surface area contributed by atoms with E-state index in [1.165, 1.54) is 0 Å². The standard InChI is InChI=1S/C15H14ClNO2/c16-13-7-8-14(12-6-2-1-5-11(12)13)19-15(18)17-9-3-4-10-17/h1-2,5-8H,3-4,9-10H2.